The second kappa shape index (κ2) is 22.3. The van der Waals surface area contributed by atoms with Crippen molar-refractivity contribution >= 4 is 11.8 Å². The van der Waals surface area contributed by atoms with Crippen LogP contribution >= 0.6 is 11.8 Å². The molecule has 0 spiro atoms. The zero-order valence-electron chi connectivity index (χ0n) is 36.5. The highest BCUT2D eigenvalue weighted by atomic mass is 32.2. The molecule has 0 aliphatic carbocycles. The molecule has 1 saturated heterocycles. The van der Waals surface area contributed by atoms with Gasteiger partial charge in [0.2, 0.25) is 0 Å². The van der Waals surface area contributed by atoms with Crippen molar-refractivity contribution in [2.75, 3.05) is 13.7 Å². The number of rotatable bonds is 20. The first-order chi connectivity index (χ1) is 31.4. The quantitative estimate of drug-likeness (QED) is 0.0812. The average Bonchev–Trinajstić information content (AvgIpc) is 3.34. The average molecular weight is 873 g/mol. The van der Waals surface area contributed by atoms with E-state index in [0.717, 1.165) is 50.3 Å². The highest BCUT2D eigenvalue weighted by Crippen LogP contribution is 2.53. The monoisotopic (exact) mass is 872 g/mol. The third-order valence-corrected chi connectivity index (χ3v) is 13.1. The van der Waals surface area contributed by atoms with Crippen molar-refractivity contribution in [3.63, 3.8) is 0 Å². The first kappa shape index (κ1) is 44.9. The number of ether oxygens (including phenoxy) is 6. The van der Waals surface area contributed by atoms with Crippen molar-refractivity contribution in [1.82, 2.24) is 0 Å². The van der Waals surface area contributed by atoms with Crippen LogP contribution in [0, 0.1) is 6.92 Å². The minimum atomic E-state index is -1.72. The molecule has 7 aromatic rings. The molecule has 5 atom stereocenters. The van der Waals surface area contributed by atoms with E-state index in [1.54, 1.807) is 7.11 Å². The molecule has 1 fully saturated rings. The van der Waals surface area contributed by atoms with Gasteiger partial charge in [-0.05, 0) is 82.1 Å². The summed E-state index contributed by atoms with van der Waals surface area (Å²) >= 11 is 1.40. The topological polar surface area (TPSA) is 75.6 Å². The molecular weight excluding hydrogens is 817 g/mol. The van der Waals surface area contributed by atoms with Gasteiger partial charge in [-0.1, -0.05) is 164 Å². The summed E-state index contributed by atoms with van der Waals surface area (Å²) in [6.45, 7) is 3.90. The molecule has 1 N–H and O–H groups in total. The summed E-state index contributed by atoms with van der Waals surface area (Å²) < 4.78 is 40.0. The number of hydrogen-bond donors (Lipinski definition) is 1. The molecule has 328 valence electrons. The van der Waals surface area contributed by atoms with E-state index < -0.39 is 28.5 Å². The molecule has 8 heteroatoms. The molecule has 0 saturated carbocycles. The third kappa shape index (κ3) is 11.7. The fourth-order valence-corrected chi connectivity index (χ4v) is 9.70. The Morgan fingerprint density at radius 1 is 0.516 bits per heavy atom. The van der Waals surface area contributed by atoms with Crippen molar-refractivity contribution in [3.8, 4) is 11.5 Å². The highest BCUT2D eigenvalue weighted by Gasteiger charge is 2.57. The first-order valence-corrected chi connectivity index (χ1v) is 22.8. The fraction of sp³-hybridized carbons (Fsp3) is 0.250. The molecule has 0 radical (unpaired) electrons. The van der Waals surface area contributed by atoms with Crippen molar-refractivity contribution in [3.05, 3.63) is 238 Å². The first-order valence-electron chi connectivity index (χ1n) is 21.9. The van der Waals surface area contributed by atoms with Gasteiger partial charge in [0.25, 0.3) is 0 Å². The number of aliphatic hydroxyl groups is 1. The molecule has 64 heavy (non-hydrogen) atoms. The van der Waals surface area contributed by atoms with Gasteiger partial charge in [0.1, 0.15) is 36.4 Å². The Morgan fingerprint density at radius 3 is 1.50 bits per heavy atom. The van der Waals surface area contributed by atoms with Crippen LogP contribution in [0.4, 0.5) is 0 Å². The van der Waals surface area contributed by atoms with E-state index in [0.29, 0.717) is 37.6 Å². The summed E-state index contributed by atoms with van der Waals surface area (Å²) in [5, 5.41) is 13.6. The molecule has 1 heterocycles. The van der Waals surface area contributed by atoms with Crippen LogP contribution in [-0.4, -0.2) is 42.4 Å². The Hall–Kier alpha value is -5.71. The summed E-state index contributed by atoms with van der Waals surface area (Å²) in [5.41, 5.74) is 8.85. The molecule has 1 aliphatic rings. The Kier molecular flexibility index (Phi) is 15.6. The Balaban J connectivity index is 1.25. The molecule has 7 aromatic carbocycles. The molecule has 1 unspecified atom stereocenters. The number of benzene rings is 7. The van der Waals surface area contributed by atoms with Gasteiger partial charge >= 0.3 is 0 Å². The molecular formula is C56H56O7S. The van der Waals surface area contributed by atoms with E-state index >= 15 is 0 Å². The van der Waals surface area contributed by atoms with Crippen LogP contribution in [0.5, 0.6) is 11.5 Å². The maximum absolute atomic E-state index is 14.0. The molecule has 0 bridgehead atoms. The number of thioether (sulfide) groups is 1. The van der Waals surface area contributed by atoms with Crippen molar-refractivity contribution in [1.29, 1.82) is 0 Å². The Labute approximate surface area is 381 Å². The molecule has 7 nitrogen and oxygen atoms in total. The SMILES string of the molecule is COc1ccc(Cc2cc(C3(O)S[C@H](COCc4ccccc4)[C@@H](OCc4ccccc4)[C@H](OCc4ccccc4)[C@H]3OCc3ccccc3)c(OCc3ccccc3)cc2C)cc1. The third-order valence-electron chi connectivity index (χ3n) is 11.6. The van der Waals surface area contributed by atoms with Gasteiger partial charge < -0.3 is 33.5 Å². The number of hydrogen-bond acceptors (Lipinski definition) is 8. The van der Waals surface area contributed by atoms with Gasteiger partial charge in [-0.15, -0.1) is 11.8 Å². The van der Waals surface area contributed by atoms with Crippen LogP contribution < -0.4 is 9.47 Å². The predicted molar refractivity (Wildman–Crippen MR) is 254 cm³/mol. The molecule has 0 amide bonds. The lowest BCUT2D eigenvalue weighted by molar-refractivity contribution is -0.199. The van der Waals surface area contributed by atoms with E-state index in [-0.39, 0.29) is 19.8 Å². The fourth-order valence-electron chi connectivity index (χ4n) is 8.08. The lowest BCUT2D eigenvalue weighted by Crippen LogP contribution is -2.61. The maximum Gasteiger partial charge on any atom is 0.168 e. The predicted octanol–water partition coefficient (Wildman–Crippen LogP) is 11.4. The van der Waals surface area contributed by atoms with Crippen molar-refractivity contribution in [2.24, 2.45) is 0 Å². The summed E-state index contributed by atoms with van der Waals surface area (Å²) in [7, 11) is 1.67. The number of methoxy groups -OCH3 is 1. The zero-order chi connectivity index (χ0) is 44.0. The van der Waals surface area contributed by atoms with Crippen LogP contribution in [0.3, 0.4) is 0 Å². The van der Waals surface area contributed by atoms with E-state index in [1.807, 2.05) is 140 Å². The Morgan fingerprint density at radius 2 is 0.984 bits per heavy atom. The maximum atomic E-state index is 14.0. The van der Waals surface area contributed by atoms with Crippen LogP contribution in [0.1, 0.15) is 50.1 Å². The zero-order valence-corrected chi connectivity index (χ0v) is 37.3. The van der Waals surface area contributed by atoms with Gasteiger partial charge in [-0.25, -0.2) is 0 Å². The summed E-state index contributed by atoms with van der Waals surface area (Å²) in [5.74, 6) is 1.36. The standard InChI is InChI=1S/C56H56O7S/c1-41-32-51(60-36-44-20-10-4-11-21-44)50(34-48(41)33-42-28-30-49(58-2)31-29-42)56(57)55(63-39-47-26-16-7-17-27-47)54(62-38-46-24-14-6-15-25-46)53(61-37-45-22-12-5-13-23-45)52(64-56)40-59-35-43-18-8-3-9-19-43/h3-32,34,52-55,57H,33,35-40H2,1-2H3/t52-,53-,54+,55-,56?/m1/s1. The molecule has 1 aliphatic heterocycles. The van der Waals surface area contributed by atoms with E-state index in [1.165, 1.54) is 11.8 Å². The van der Waals surface area contributed by atoms with Gasteiger partial charge in [0.15, 0.2) is 4.93 Å². The van der Waals surface area contributed by atoms with Gasteiger partial charge in [-0.3, -0.25) is 0 Å². The van der Waals surface area contributed by atoms with Gasteiger partial charge in [-0.2, -0.15) is 0 Å². The second-order valence-corrected chi connectivity index (χ2v) is 17.6. The smallest absolute Gasteiger partial charge is 0.168 e. The largest absolute Gasteiger partial charge is 0.497 e. The minimum absolute atomic E-state index is 0.227. The summed E-state index contributed by atoms with van der Waals surface area (Å²) in [6.07, 6.45) is -1.65. The second-order valence-electron chi connectivity index (χ2n) is 16.2. The lowest BCUT2D eigenvalue weighted by Gasteiger charge is -2.50. The van der Waals surface area contributed by atoms with Crippen LogP contribution in [0.2, 0.25) is 0 Å². The summed E-state index contributed by atoms with van der Waals surface area (Å²) in [4.78, 5) is -1.72. The normalized spacial score (nSPS) is 19.5. The Bertz CT molecular complexity index is 2460. The van der Waals surface area contributed by atoms with E-state index in [9.17, 15) is 5.11 Å². The van der Waals surface area contributed by atoms with Crippen LogP contribution in [0.25, 0.3) is 0 Å². The van der Waals surface area contributed by atoms with E-state index in [2.05, 4.69) is 55.5 Å². The van der Waals surface area contributed by atoms with Gasteiger partial charge in [0, 0.05) is 5.56 Å². The summed E-state index contributed by atoms with van der Waals surface area (Å²) in [6, 6.07) is 62.8. The van der Waals surface area contributed by atoms with Crippen LogP contribution in [-0.2, 0) is 63.3 Å². The van der Waals surface area contributed by atoms with Gasteiger partial charge in [0.05, 0.1) is 45.4 Å². The molecule has 0 aromatic heterocycles. The molecule has 8 rings (SSSR count). The van der Waals surface area contributed by atoms with Crippen molar-refractivity contribution in [2.45, 2.75) is 74.9 Å². The number of aryl methyl sites for hydroxylation is 1. The lowest BCUT2D eigenvalue weighted by atomic mass is 9.89. The minimum Gasteiger partial charge on any atom is -0.497 e. The highest BCUT2D eigenvalue weighted by molar-refractivity contribution is 8.00. The van der Waals surface area contributed by atoms with Crippen molar-refractivity contribution < 1.29 is 33.5 Å². The van der Waals surface area contributed by atoms with E-state index in [4.69, 9.17) is 28.4 Å². The van der Waals surface area contributed by atoms with Crippen LogP contribution in [0.15, 0.2) is 188 Å².